The molecule has 1 atom stereocenters. The normalized spacial score (nSPS) is 16.5. The summed E-state index contributed by atoms with van der Waals surface area (Å²) in [6.07, 6.45) is 0. The van der Waals surface area contributed by atoms with Gasteiger partial charge in [0.25, 0.3) is 11.1 Å². The first-order chi connectivity index (χ1) is 14.5. The van der Waals surface area contributed by atoms with Crippen LogP contribution < -0.4 is 11.1 Å². The molecule has 5 rings (SSSR count). The van der Waals surface area contributed by atoms with Gasteiger partial charge in [-0.3, -0.25) is 9.59 Å². The minimum absolute atomic E-state index is 0.102. The summed E-state index contributed by atoms with van der Waals surface area (Å²) in [6, 6.07) is 20.2. The Balaban J connectivity index is 2.01. The lowest BCUT2D eigenvalue weighted by Crippen LogP contribution is -2.47. The third-order valence-electron chi connectivity index (χ3n) is 5.87. The summed E-state index contributed by atoms with van der Waals surface area (Å²) in [7, 11) is 0. The van der Waals surface area contributed by atoms with Crippen LogP contribution in [0.15, 0.2) is 81.5 Å². The molecule has 2 heterocycles. The van der Waals surface area contributed by atoms with Crippen molar-refractivity contribution >= 4 is 16.6 Å². The smallest absolute Gasteiger partial charge is 0.279 e. The van der Waals surface area contributed by atoms with Crippen molar-refractivity contribution in [3.63, 3.8) is 0 Å². The van der Waals surface area contributed by atoms with Gasteiger partial charge in [0.2, 0.25) is 0 Å². The van der Waals surface area contributed by atoms with Gasteiger partial charge >= 0.3 is 0 Å². The van der Waals surface area contributed by atoms with Gasteiger partial charge in [0, 0.05) is 0 Å². The second-order valence-corrected chi connectivity index (χ2v) is 7.58. The minimum Gasteiger partial charge on any atom is -0.409 e. The summed E-state index contributed by atoms with van der Waals surface area (Å²) in [5, 5.41) is 14.2. The van der Waals surface area contributed by atoms with Gasteiger partial charge in [0.1, 0.15) is 0 Å². The molecule has 1 N–H and O–H groups in total. The maximum atomic E-state index is 13.5. The van der Waals surface area contributed by atoms with Crippen molar-refractivity contribution < 1.29 is 5.21 Å². The average molecular weight is 397 g/mol. The highest BCUT2D eigenvalue weighted by atomic mass is 16.4. The molecular weight excluding hydrogens is 378 g/mol. The lowest BCUT2D eigenvalue weighted by Gasteiger charge is -2.31. The third-order valence-corrected chi connectivity index (χ3v) is 5.87. The molecule has 0 saturated carbocycles. The largest absolute Gasteiger partial charge is 0.409 e. The first kappa shape index (κ1) is 18.1. The van der Waals surface area contributed by atoms with Crippen molar-refractivity contribution in [2.75, 3.05) is 0 Å². The van der Waals surface area contributed by atoms with E-state index in [2.05, 4.69) is 5.16 Å². The predicted molar refractivity (Wildman–Crippen MR) is 116 cm³/mol. The van der Waals surface area contributed by atoms with Crippen LogP contribution in [0, 0.1) is 13.8 Å². The number of hydrogen-bond donors (Lipinski definition) is 1. The van der Waals surface area contributed by atoms with Crippen LogP contribution in [0.3, 0.4) is 0 Å². The molecule has 0 bridgehead atoms. The van der Waals surface area contributed by atoms with Crippen molar-refractivity contribution in [1.29, 1.82) is 0 Å². The molecule has 6 nitrogen and oxygen atoms in total. The Morgan fingerprint density at radius 1 is 0.800 bits per heavy atom. The maximum Gasteiger partial charge on any atom is 0.279 e. The van der Waals surface area contributed by atoms with E-state index in [4.69, 9.17) is 0 Å². The van der Waals surface area contributed by atoms with Gasteiger partial charge in [-0.05, 0) is 54.3 Å². The van der Waals surface area contributed by atoms with Crippen molar-refractivity contribution in [2.45, 2.75) is 19.8 Å². The lowest BCUT2D eigenvalue weighted by molar-refractivity contribution is 0.312. The maximum absolute atomic E-state index is 13.5. The van der Waals surface area contributed by atoms with Crippen LogP contribution in [0.1, 0.15) is 28.2 Å². The Bertz CT molecular complexity index is 1460. The van der Waals surface area contributed by atoms with Gasteiger partial charge in [-0.15, -0.1) is 0 Å². The summed E-state index contributed by atoms with van der Waals surface area (Å²) < 4.78 is 2.54. The van der Waals surface area contributed by atoms with Crippen LogP contribution in [-0.2, 0) is 0 Å². The number of benzene rings is 3. The van der Waals surface area contributed by atoms with E-state index in [1.165, 1.54) is 9.36 Å². The fourth-order valence-electron chi connectivity index (χ4n) is 4.26. The SMILES string of the molecule is Cc1cc2c(cc1C)-n1c(=O)c3ccccc3c(=O)n1/C(=N/O)C2c1ccccc1. The predicted octanol–water partition coefficient (Wildman–Crippen LogP) is 3.55. The van der Waals surface area contributed by atoms with E-state index in [0.29, 0.717) is 16.5 Å². The van der Waals surface area contributed by atoms with Crippen LogP contribution in [0.4, 0.5) is 0 Å². The van der Waals surface area contributed by atoms with Crippen molar-refractivity contribution in [3.8, 4) is 5.69 Å². The molecule has 0 aliphatic carbocycles. The molecule has 0 spiro atoms. The molecule has 1 aromatic heterocycles. The van der Waals surface area contributed by atoms with Crippen LogP contribution in [0.25, 0.3) is 16.5 Å². The van der Waals surface area contributed by atoms with E-state index in [0.717, 1.165) is 22.3 Å². The van der Waals surface area contributed by atoms with Crippen molar-refractivity contribution in [3.05, 3.63) is 110 Å². The second kappa shape index (κ2) is 6.56. The molecule has 4 aromatic rings. The summed E-state index contributed by atoms with van der Waals surface area (Å²) in [5.74, 6) is -0.395. The Morgan fingerprint density at radius 2 is 1.37 bits per heavy atom. The highest BCUT2D eigenvalue weighted by Gasteiger charge is 2.35. The lowest BCUT2D eigenvalue weighted by atomic mass is 9.85. The van der Waals surface area contributed by atoms with Gasteiger partial charge in [-0.1, -0.05) is 53.7 Å². The fourth-order valence-corrected chi connectivity index (χ4v) is 4.26. The molecule has 0 radical (unpaired) electrons. The summed E-state index contributed by atoms with van der Waals surface area (Å²) in [4.78, 5) is 26.9. The Morgan fingerprint density at radius 3 is 2.00 bits per heavy atom. The van der Waals surface area contributed by atoms with E-state index in [9.17, 15) is 14.8 Å². The Hall–Kier alpha value is -3.93. The monoisotopic (exact) mass is 397 g/mol. The number of rotatable bonds is 1. The highest BCUT2D eigenvalue weighted by Crippen LogP contribution is 2.35. The molecular formula is C24H19N3O3. The van der Waals surface area contributed by atoms with Gasteiger partial charge in [-0.25, -0.2) is 4.68 Å². The number of aryl methyl sites for hydroxylation is 2. The molecule has 3 aromatic carbocycles. The highest BCUT2D eigenvalue weighted by molar-refractivity contribution is 5.97. The fraction of sp³-hybridized carbons (Fsp3) is 0.125. The van der Waals surface area contributed by atoms with Crippen molar-refractivity contribution in [2.24, 2.45) is 5.16 Å². The zero-order valence-electron chi connectivity index (χ0n) is 16.5. The average Bonchev–Trinajstić information content (AvgIpc) is 2.77. The Labute approximate surface area is 171 Å². The number of fused-ring (bicyclic) bond motifs is 4. The van der Waals surface area contributed by atoms with Gasteiger partial charge in [-0.2, -0.15) is 4.68 Å². The standard InChI is InChI=1S/C24H19N3O3/c1-14-12-19-20(13-15(14)2)26-23(28)17-10-6-7-11-18(17)24(29)27(26)22(25-30)21(19)16-8-4-3-5-9-16/h3-13,21,30H,1-2H3/b25-22+. The molecule has 6 heteroatoms. The second-order valence-electron chi connectivity index (χ2n) is 7.58. The number of nitrogens with zero attached hydrogens (tertiary/aromatic N) is 3. The van der Waals surface area contributed by atoms with E-state index >= 15 is 0 Å². The van der Waals surface area contributed by atoms with Crippen LogP contribution in [0.5, 0.6) is 0 Å². The summed E-state index contributed by atoms with van der Waals surface area (Å²) in [6.45, 7) is 3.97. The molecule has 0 amide bonds. The number of oxime groups is 1. The van der Waals surface area contributed by atoms with Gasteiger partial charge in [0.05, 0.1) is 22.4 Å². The quantitative estimate of drug-likeness (QED) is 0.394. The topological polar surface area (TPSA) is 76.6 Å². The van der Waals surface area contributed by atoms with E-state index in [-0.39, 0.29) is 11.4 Å². The molecule has 1 unspecified atom stereocenters. The van der Waals surface area contributed by atoms with Crippen LogP contribution in [0.2, 0.25) is 0 Å². The first-order valence-electron chi connectivity index (χ1n) is 9.69. The Kier molecular flexibility index (Phi) is 3.96. The third kappa shape index (κ3) is 2.40. The minimum atomic E-state index is -0.497. The molecule has 148 valence electrons. The molecule has 0 fully saturated rings. The van der Waals surface area contributed by atoms with E-state index in [1.54, 1.807) is 24.3 Å². The van der Waals surface area contributed by atoms with Gasteiger partial charge < -0.3 is 5.21 Å². The van der Waals surface area contributed by atoms with Gasteiger partial charge in [0.15, 0.2) is 5.84 Å². The molecule has 1 aliphatic rings. The van der Waals surface area contributed by atoms with Crippen LogP contribution >= 0.6 is 0 Å². The van der Waals surface area contributed by atoms with Crippen molar-refractivity contribution in [1.82, 2.24) is 9.36 Å². The molecule has 0 saturated heterocycles. The van der Waals surface area contributed by atoms with E-state index < -0.39 is 11.5 Å². The van der Waals surface area contributed by atoms with E-state index in [1.807, 2.05) is 56.3 Å². The summed E-state index contributed by atoms with van der Waals surface area (Å²) in [5.41, 5.74) is 3.63. The number of hydrogen-bond acceptors (Lipinski definition) is 4. The zero-order chi connectivity index (χ0) is 21.0. The molecule has 1 aliphatic heterocycles. The summed E-state index contributed by atoms with van der Waals surface area (Å²) >= 11 is 0. The molecule has 30 heavy (non-hydrogen) atoms. The van der Waals surface area contributed by atoms with Crippen LogP contribution in [-0.4, -0.2) is 20.4 Å². The first-order valence-corrected chi connectivity index (χ1v) is 9.69. The zero-order valence-corrected chi connectivity index (χ0v) is 16.5. The number of aromatic nitrogens is 2.